The van der Waals surface area contributed by atoms with Crippen LogP contribution < -0.4 is 5.32 Å². The van der Waals surface area contributed by atoms with Gasteiger partial charge in [0.05, 0.1) is 12.0 Å². The number of hydrogen-bond acceptors (Lipinski definition) is 2. The van der Waals surface area contributed by atoms with E-state index in [-0.39, 0.29) is 0 Å². The van der Waals surface area contributed by atoms with Gasteiger partial charge in [0, 0.05) is 35.7 Å². The summed E-state index contributed by atoms with van der Waals surface area (Å²) in [7, 11) is 4.01. The van der Waals surface area contributed by atoms with E-state index in [0.717, 1.165) is 28.7 Å². The molecule has 90 valence electrons. The number of aryl methyl sites for hydroxylation is 1. The van der Waals surface area contributed by atoms with Crippen LogP contribution >= 0.6 is 15.9 Å². The lowest BCUT2D eigenvalue weighted by molar-refractivity contribution is 0.738. The normalized spacial score (nSPS) is 10.8. The third kappa shape index (κ3) is 2.76. The number of halogens is 1. The van der Waals surface area contributed by atoms with Crippen molar-refractivity contribution in [2.24, 2.45) is 7.05 Å². The molecule has 1 aromatic heterocycles. The number of benzene rings is 1. The molecule has 0 radical (unpaired) electrons. The maximum Gasteiger partial charge on any atom is 0.0953 e. The zero-order valence-electron chi connectivity index (χ0n) is 10.1. The third-order valence-corrected chi connectivity index (χ3v) is 3.26. The van der Waals surface area contributed by atoms with E-state index >= 15 is 0 Å². The van der Waals surface area contributed by atoms with E-state index in [4.69, 9.17) is 0 Å². The maximum atomic E-state index is 4.49. The van der Waals surface area contributed by atoms with E-state index in [0.29, 0.717) is 0 Å². The number of imidazole rings is 1. The van der Waals surface area contributed by atoms with Gasteiger partial charge >= 0.3 is 0 Å². The van der Waals surface area contributed by atoms with Crippen LogP contribution in [-0.2, 0) is 13.5 Å². The van der Waals surface area contributed by atoms with Gasteiger partial charge in [0.15, 0.2) is 0 Å². The Bertz CT molecular complexity index is 505. The highest BCUT2D eigenvalue weighted by molar-refractivity contribution is 9.10. The SMILES string of the molecule is CNCCc1c(-c2cccc(Br)c2)ncn1C. The first-order chi connectivity index (χ1) is 8.22. The van der Waals surface area contributed by atoms with Crippen molar-refractivity contribution in [3.05, 3.63) is 40.8 Å². The van der Waals surface area contributed by atoms with Gasteiger partial charge in [-0.15, -0.1) is 0 Å². The maximum absolute atomic E-state index is 4.49. The lowest BCUT2D eigenvalue weighted by atomic mass is 10.1. The number of rotatable bonds is 4. The first kappa shape index (κ1) is 12.3. The number of nitrogens with one attached hydrogen (secondary N) is 1. The molecule has 4 heteroatoms. The van der Waals surface area contributed by atoms with Crippen LogP contribution in [0.15, 0.2) is 35.1 Å². The van der Waals surface area contributed by atoms with E-state index in [1.54, 1.807) is 0 Å². The van der Waals surface area contributed by atoms with E-state index in [1.165, 1.54) is 5.69 Å². The Morgan fingerprint density at radius 1 is 1.41 bits per heavy atom. The summed E-state index contributed by atoms with van der Waals surface area (Å²) in [5.74, 6) is 0. The van der Waals surface area contributed by atoms with Crippen LogP contribution in [0.4, 0.5) is 0 Å². The fourth-order valence-electron chi connectivity index (χ4n) is 1.87. The lowest BCUT2D eigenvalue weighted by Gasteiger charge is -2.06. The zero-order chi connectivity index (χ0) is 12.3. The molecule has 0 saturated carbocycles. The minimum absolute atomic E-state index is 0.959. The fraction of sp³-hybridized carbons (Fsp3) is 0.308. The number of nitrogens with zero attached hydrogens (tertiary/aromatic N) is 2. The van der Waals surface area contributed by atoms with E-state index in [2.05, 4.69) is 42.9 Å². The summed E-state index contributed by atoms with van der Waals surface area (Å²) in [6.45, 7) is 0.959. The molecule has 0 spiro atoms. The number of hydrogen-bond donors (Lipinski definition) is 1. The van der Waals surface area contributed by atoms with Crippen molar-refractivity contribution in [2.45, 2.75) is 6.42 Å². The molecule has 0 fully saturated rings. The van der Waals surface area contributed by atoms with Crippen LogP contribution in [0.25, 0.3) is 11.3 Å². The van der Waals surface area contributed by atoms with Crippen LogP contribution in [-0.4, -0.2) is 23.1 Å². The first-order valence-corrected chi connectivity index (χ1v) is 6.42. The molecule has 17 heavy (non-hydrogen) atoms. The molecular formula is C13H16BrN3. The average Bonchev–Trinajstić information content (AvgIpc) is 2.68. The lowest BCUT2D eigenvalue weighted by Crippen LogP contribution is -2.12. The topological polar surface area (TPSA) is 29.9 Å². The standard InChI is InChI=1S/C13H16BrN3/c1-15-7-6-12-13(16-9-17(12)2)10-4-3-5-11(14)8-10/h3-5,8-9,15H,6-7H2,1-2H3. The quantitative estimate of drug-likeness (QED) is 0.939. The Morgan fingerprint density at radius 2 is 2.24 bits per heavy atom. The fourth-order valence-corrected chi connectivity index (χ4v) is 2.27. The minimum Gasteiger partial charge on any atom is -0.337 e. The highest BCUT2D eigenvalue weighted by Gasteiger charge is 2.10. The Labute approximate surface area is 110 Å². The molecule has 0 atom stereocenters. The van der Waals surface area contributed by atoms with Crippen LogP contribution in [0, 0.1) is 0 Å². The van der Waals surface area contributed by atoms with Crippen molar-refractivity contribution in [3.63, 3.8) is 0 Å². The van der Waals surface area contributed by atoms with Crippen molar-refractivity contribution in [2.75, 3.05) is 13.6 Å². The summed E-state index contributed by atoms with van der Waals surface area (Å²) in [5.41, 5.74) is 3.49. The Kier molecular flexibility index (Phi) is 3.97. The Hall–Kier alpha value is -1.13. The molecule has 2 aromatic rings. The van der Waals surface area contributed by atoms with Gasteiger partial charge in [-0.3, -0.25) is 0 Å². The largest absolute Gasteiger partial charge is 0.337 e. The van der Waals surface area contributed by atoms with Crippen molar-refractivity contribution in [1.82, 2.24) is 14.9 Å². The van der Waals surface area contributed by atoms with Gasteiger partial charge in [-0.25, -0.2) is 4.98 Å². The molecule has 2 rings (SSSR count). The monoisotopic (exact) mass is 293 g/mol. The van der Waals surface area contributed by atoms with Crippen molar-refractivity contribution < 1.29 is 0 Å². The van der Waals surface area contributed by atoms with Gasteiger partial charge in [0.25, 0.3) is 0 Å². The predicted octanol–water partition coefficient (Wildman–Crippen LogP) is 2.61. The summed E-state index contributed by atoms with van der Waals surface area (Å²) in [4.78, 5) is 4.49. The molecular weight excluding hydrogens is 278 g/mol. The Balaban J connectivity index is 2.38. The first-order valence-electron chi connectivity index (χ1n) is 5.63. The number of aromatic nitrogens is 2. The van der Waals surface area contributed by atoms with Crippen molar-refractivity contribution >= 4 is 15.9 Å². The molecule has 0 aliphatic carbocycles. The second-order valence-electron chi connectivity index (χ2n) is 4.01. The molecule has 0 bridgehead atoms. The van der Waals surface area contributed by atoms with Crippen LogP contribution in [0.5, 0.6) is 0 Å². The van der Waals surface area contributed by atoms with Gasteiger partial charge in [-0.1, -0.05) is 28.1 Å². The number of likely N-dealkylation sites (N-methyl/N-ethyl adjacent to an activating group) is 1. The molecule has 1 N–H and O–H groups in total. The highest BCUT2D eigenvalue weighted by atomic mass is 79.9. The van der Waals surface area contributed by atoms with Crippen LogP contribution in [0.2, 0.25) is 0 Å². The highest BCUT2D eigenvalue weighted by Crippen LogP contribution is 2.24. The van der Waals surface area contributed by atoms with Crippen molar-refractivity contribution in [3.8, 4) is 11.3 Å². The second kappa shape index (κ2) is 5.47. The summed E-state index contributed by atoms with van der Waals surface area (Å²) in [5, 5.41) is 3.17. The van der Waals surface area contributed by atoms with Gasteiger partial charge in [0.1, 0.15) is 0 Å². The average molecular weight is 294 g/mol. The van der Waals surface area contributed by atoms with E-state index < -0.39 is 0 Å². The van der Waals surface area contributed by atoms with Gasteiger partial charge < -0.3 is 9.88 Å². The molecule has 0 amide bonds. The Morgan fingerprint density at radius 3 is 2.94 bits per heavy atom. The zero-order valence-corrected chi connectivity index (χ0v) is 11.7. The molecule has 0 aliphatic heterocycles. The van der Waals surface area contributed by atoms with Crippen LogP contribution in [0.1, 0.15) is 5.69 Å². The summed E-state index contributed by atoms with van der Waals surface area (Å²) in [6, 6.07) is 8.26. The molecule has 0 unspecified atom stereocenters. The molecule has 3 nitrogen and oxygen atoms in total. The minimum atomic E-state index is 0.959. The molecule has 0 saturated heterocycles. The molecule has 1 heterocycles. The summed E-state index contributed by atoms with van der Waals surface area (Å²) in [6.07, 6.45) is 2.86. The van der Waals surface area contributed by atoms with Gasteiger partial charge in [0.2, 0.25) is 0 Å². The second-order valence-corrected chi connectivity index (χ2v) is 4.93. The van der Waals surface area contributed by atoms with Gasteiger partial charge in [-0.05, 0) is 19.2 Å². The van der Waals surface area contributed by atoms with E-state index in [1.807, 2.05) is 32.6 Å². The smallest absolute Gasteiger partial charge is 0.0953 e. The molecule has 1 aromatic carbocycles. The summed E-state index contributed by atoms with van der Waals surface area (Å²) >= 11 is 3.50. The van der Waals surface area contributed by atoms with Gasteiger partial charge in [-0.2, -0.15) is 0 Å². The van der Waals surface area contributed by atoms with E-state index in [9.17, 15) is 0 Å². The predicted molar refractivity (Wildman–Crippen MR) is 74.0 cm³/mol. The third-order valence-electron chi connectivity index (χ3n) is 2.77. The van der Waals surface area contributed by atoms with Crippen molar-refractivity contribution in [1.29, 1.82) is 0 Å². The summed E-state index contributed by atoms with van der Waals surface area (Å²) < 4.78 is 3.17. The van der Waals surface area contributed by atoms with Crippen LogP contribution in [0.3, 0.4) is 0 Å². The molecule has 0 aliphatic rings.